The van der Waals surface area contributed by atoms with Crippen molar-refractivity contribution >= 4 is 46.7 Å². The summed E-state index contributed by atoms with van der Waals surface area (Å²) in [6.07, 6.45) is -1.09. The molecule has 1 N–H and O–H groups in total. The first-order valence-corrected chi connectivity index (χ1v) is 11.3. The molecule has 1 aliphatic rings. The molecule has 35 heavy (non-hydrogen) atoms. The van der Waals surface area contributed by atoms with Crippen LogP contribution in [0, 0.1) is 20.8 Å². The van der Waals surface area contributed by atoms with Gasteiger partial charge in [-0.05, 0) is 69.2 Å². The summed E-state index contributed by atoms with van der Waals surface area (Å²) in [6, 6.07) is 14.5. The fraction of sp³-hybridized carbons (Fsp3) is 0.185. The van der Waals surface area contributed by atoms with Gasteiger partial charge in [0.1, 0.15) is 0 Å². The zero-order valence-corrected chi connectivity index (χ0v) is 20.4. The zero-order valence-electron chi connectivity index (χ0n) is 19.6. The van der Waals surface area contributed by atoms with Crippen LogP contribution < -0.4 is 10.2 Å². The lowest BCUT2D eigenvalue weighted by atomic mass is 10.0. The lowest BCUT2D eigenvalue weighted by Gasteiger charge is -2.17. The van der Waals surface area contributed by atoms with Crippen molar-refractivity contribution in [3.8, 4) is 0 Å². The number of halogens is 1. The minimum Gasteiger partial charge on any atom is -0.449 e. The van der Waals surface area contributed by atoms with E-state index in [1.54, 1.807) is 24.3 Å². The van der Waals surface area contributed by atoms with E-state index in [-0.39, 0.29) is 27.4 Å². The van der Waals surface area contributed by atoms with Crippen LogP contribution in [0.2, 0.25) is 5.02 Å². The molecule has 1 unspecified atom stereocenters. The van der Waals surface area contributed by atoms with Crippen molar-refractivity contribution in [2.24, 2.45) is 0 Å². The SMILES string of the molecule is Cc1cc(C)c(NC(=O)C(C)OC(=O)c2ccc3c(c2)C(=O)N(c2ccccc2Cl)C3=O)c(C)c1. The fourth-order valence-corrected chi connectivity index (χ4v) is 4.32. The van der Waals surface area contributed by atoms with Crippen molar-refractivity contribution in [2.45, 2.75) is 33.8 Å². The van der Waals surface area contributed by atoms with Crippen LogP contribution in [0.15, 0.2) is 54.6 Å². The predicted molar refractivity (Wildman–Crippen MR) is 133 cm³/mol. The van der Waals surface area contributed by atoms with Crippen LogP contribution in [0.1, 0.15) is 54.7 Å². The normalized spacial score (nSPS) is 13.5. The molecule has 8 heteroatoms. The molecule has 7 nitrogen and oxygen atoms in total. The molecule has 3 aromatic rings. The summed E-state index contributed by atoms with van der Waals surface area (Å²) >= 11 is 6.17. The molecule has 0 fully saturated rings. The summed E-state index contributed by atoms with van der Waals surface area (Å²) in [5.41, 5.74) is 4.08. The van der Waals surface area contributed by atoms with Crippen molar-refractivity contribution in [3.05, 3.63) is 93.0 Å². The van der Waals surface area contributed by atoms with Gasteiger partial charge in [0.15, 0.2) is 6.10 Å². The van der Waals surface area contributed by atoms with Crippen molar-refractivity contribution in [1.82, 2.24) is 0 Å². The van der Waals surface area contributed by atoms with E-state index in [4.69, 9.17) is 16.3 Å². The van der Waals surface area contributed by atoms with Crippen LogP contribution >= 0.6 is 11.6 Å². The monoisotopic (exact) mass is 490 g/mol. The highest BCUT2D eigenvalue weighted by molar-refractivity contribution is 6.39. The molecule has 0 saturated carbocycles. The molecule has 4 rings (SSSR count). The predicted octanol–water partition coefficient (Wildman–Crippen LogP) is 5.25. The Balaban J connectivity index is 1.50. The highest BCUT2D eigenvalue weighted by Crippen LogP contribution is 2.33. The Labute approximate surface area is 207 Å². The molecule has 0 spiro atoms. The number of imide groups is 1. The Morgan fingerprint density at radius 2 is 1.54 bits per heavy atom. The molecule has 0 saturated heterocycles. The number of anilines is 2. The van der Waals surface area contributed by atoms with Crippen molar-refractivity contribution in [3.63, 3.8) is 0 Å². The number of esters is 1. The molecule has 3 amide bonds. The van der Waals surface area contributed by atoms with Gasteiger partial charge in [0.25, 0.3) is 17.7 Å². The molecule has 178 valence electrons. The average molecular weight is 491 g/mol. The number of fused-ring (bicyclic) bond motifs is 1. The van der Waals surface area contributed by atoms with Gasteiger partial charge in [-0.1, -0.05) is 41.4 Å². The van der Waals surface area contributed by atoms with Gasteiger partial charge in [0, 0.05) is 5.69 Å². The molecular weight excluding hydrogens is 468 g/mol. The second kappa shape index (κ2) is 9.35. The molecule has 0 radical (unpaired) electrons. The minimum atomic E-state index is -1.09. The first-order chi connectivity index (χ1) is 16.6. The van der Waals surface area contributed by atoms with Gasteiger partial charge < -0.3 is 10.1 Å². The Kier molecular flexibility index (Phi) is 6.45. The van der Waals surface area contributed by atoms with E-state index in [9.17, 15) is 19.2 Å². The number of nitrogens with one attached hydrogen (secondary N) is 1. The molecule has 3 aromatic carbocycles. The lowest BCUT2D eigenvalue weighted by Crippen LogP contribution is -2.30. The summed E-state index contributed by atoms with van der Waals surface area (Å²) in [4.78, 5) is 52.2. The average Bonchev–Trinajstić information content (AvgIpc) is 3.05. The van der Waals surface area contributed by atoms with E-state index < -0.39 is 29.8 Å². The van der Waals surface area contributed by atoms with Crippen LogP contribution in [0.3, 0.4) is 0 Å². The zero-order chi connectivity index (χ0) is 25.4. The van der Waals surface area contributed by atoms with E-state index in [1.165, 1.54) is 25.1 Å². The molecule has 1 heterocycles. The van der Waals surface area contributed by atoms with Crippen molar-refractivity contribution in [2.75, 3.05) is 10.2 Å². The highest BCUT2D eigenvalue weighted by atomic mass is 35.5. The van der Waals surface area contributed by atoms with Crippen LogP contribution in [0.25, 0.3) is 0 Å². The second-order valence-electron chi connectivity index (χ2n) is 8.47. The number of hydrogen-bond acceptors (Lipinski definition) is 5. The smallest absolute Gasteiger partial charge is 0.338 e. The van der Waals surface area contributed by atoms with E-state index in [2.05, 4.69) is 5.32 Å². The maximum Gasteiger partial charge on any atom is 0.338 e. The number of para-hydroxylation sites is 1. The van der Waals surface area contributed by atoms with Gasteiger partial charge in [-0.15, -0.1) is 0 Å². The number of carbonyl (C=O) groups excluding carboxylic acids is 4. The lowest BCUT2D eigenvalue weighted by molar-refractivity contribution is -0.123. The fourth-order valence-electron chi connectivity index (χ4n) is 4.10. The largest absolute Gasteiger partial charge is 0.449 e. The third kappa shape index (κ3) is 4.55. The maximum absolute atomic E-state index is 13.0. The molecule has 0 aliphatic carbocycles. The minimum absolute atomic E-state index is 0.0493. The number of aryl methyl sites for hydroxylation is 3. The molecular formula is C27H23ClN2O5. The van der Waals surface area contributed by atoms with Crippen LogP contribution in [-0.2, 0) is 9.53 Å². The number of carbonyl (C=O) groups is 4. The summed E-state index contributed by atoms with van der Waals surface area (Å²) in [5.74, 6) is -2.39. The molecule has 1 aliphatic heterocycles. The van der Waals surface area contributed by atoms with E-state index in [0.29, 0.717) is 5.69 Å². The standard InChI is InChI=1S/C27H23ClN2O5/c1-14-11-15(2)23(16(3)12-14)29-24(31)17(4)35-27(34)18-9-10-19-20(13-18)26(33)30(25(19)32)22-8-6-5-7-21(22)28/h5-13,17H,1-4H3,(H,29,31). The summed E-state index contributed by atoms with van der Waals surface area (Å²) in [6.45, 7) is 7.22. The first kappa shape index (κ1) is 24.2. The number of hydrogen-bond donors (Lipinski definition) is 1. The Morgan fingerprint density at radius 3 is 2.20 bits per heavy atom. The number of amides is 3. The maximum atomic E-state index is 13.0. The Hall–Kier alpha value is -3.97. The third-order valence-electron chi connectivity index (χ3n) is 5.79. The quantitative estimate of drug-likeness (QED) is 0.389. The third-order valence-corrected chi connectivity index (χ3v) is 6.11. The van der Waals surface area contributed by atoms with Crippen molar-refractivity contribution in [1.29, 1.82) is 0 Å². The van der Waals surface area contributed by atoms with Crippen LogP contribution in [0.5, 0.6) is 0 Å². The number of rotatable bonds is 5. The van der Waals surface area contributed by atoms with Gasteiger partial charge in [-0.3, -0.25) is 14.4 Å². The highest BCUT2D eigenvalue weighted by Gasteiger charge is 2.38. The van der Waals surface area contributed by atoms with Gasteiger partial charge in [0.05, 0.1) is 27.4 Å². The summed E-state index contributed by atoms with van der Waals surface area (Å²) in [5, 5.41) is 3.06. The van der Waals surface area contributed by atoms with Crippen LogP contribution in [0.4, 0.5) is 11.4 Å². The summed E-state index contributed by atoms with van der Waals surface area (Å²) < 4.78 is 5.34. The Bertz CT molecular complexity index is 1380. The number of nitrogens with zero attached hydrogens (tertiary/aromatic N) is 1. The van der Waals surface area contributed by atoms with Crippen LogP contribution in [-0.4, -0.2) is 29.8 Å². The van der Waals surface area contributed by atoms with Gasteiger partial charge in [-0.25, -0.2) is 9.69 Å². The number of benzene rings is 3. The second-order valence-corrected chi connectivity index (χ2v) is 8.88. The Morgan fingerprint density at radius 1 is 0.914 bits per heavy atom. The van der Waals surface area contributed by atoms with Gasteiger partial charge >= 0.3 is 5.97 Å². The molecule has 0 aromatic heterocycles. The number of ether oxygens (including phenoxy) is 1. The van der Waals surface area contributed by atoms with E-state index in [0.717, 1.165) is 21.6 Å². The van der Waals surface area contributed by atoms with E-state index in [1.807, 2.05) is 32.9 Å². The van der Waals surface area contributed by atoms with Gasteiger partial charge in [0.2, 0.25) is 0 Å². The van der Waals surface area contributed by atoms with E-state index >= 15 is 0 Å². The summed E-state index contributed by atoms with van der Waals surface area (Å²) in [7, 11) is 0. The molecule has 0 bridgehead atoms. The van der Waals surface area contributed by atoms with Crippen molar-refractivity contribution < 1.29 is 23.9 Å². The van der Waals surface area contributed by atoms with Gasteiger partial charge in [-0.2, -0.15) is 0 Å². The topological polar surface area (TPSA) is 92.8 Å². The first-order valence-electron chi connectivity index (χ1n) is 11.0. The molecule has 1 atom stereocenters.